The van der Waals surface area contributed by atoms with Crippen LogP contribution in [0.2, 0.25) is 0 Å². The van der Waals surface area contributed by atoms with Gasteiger partial charge in [0.25, 0.3) is 0 Å². The highest BCUT2D eigenvalue weighted by Gasteiger charge is 2.12. The van der Waals surface area contributed by atoms with Crippen LogP contribution in [-0.2, 0) is 0 Å². The van der Waals surface area contributed by atoms with E-state index in [4.69, 9.17) is 0 Å². The van der Waals surface area contributed by atoms with Crippen molar-refractivity contribution < 1.29 is 4.39 Å². The highest BCUT2D eigenvalue weighted by molar-refractivity contribution is 5.26. The molecule has 1 aromatic rings. The molecule has 1 rings (SSSR count). The lowest BCUT2D eigenvalue weighted by molar-refractivity contribution is 0.341. The van der Waals surface area contributed by atoms with E-state index in [1.54, 1.807) is 13.0 Å². The number of likely N-dealkylation sites (N-methyl/N-ethyl adjacent to an activating group) is 1. The third kappa shape index (κ3) is 4.44. The van der Waals surface area contributed by atoms with E-state index in [2.05, 4.69) is 17.1 Å². The number of nitrogens with one attached hydrogen (secondary N) is 1. The quantitative estimate of drug-likeness (QED) is 0.820. The van der Waals surface area contributed by atoms with Crippen LogP contribution < -0.4 is 5.32 Å². The van der Waals surface area contributed by atoms with E-state index in [1.165, 1.54) is 0 Å². The third-order valence-corrected chi connectivity index (χ3v) is 2.79. The number of aryl methyl sites for hydroxylation is 1. The molecule has 1 aromatic carbocycles. The fourth-order valence-corrected chi connectivity index (χ4v) is 1.80. The first-order chi connectivity index (χ1) is 8.04. The summed E-state index contributed by atoms with van der Waals surface area (Å²) < 4.78 is 13.6. The van der Waals surface area contributed by atoms with Crippen LogP contribution in [0.4, 0.5) is 4.39 Å². The predicted molar refractivity (Wildman–Crippen MR) is 70.7 cm³/mol. The van der Waals surface area contributed by atoms with Gasteiger partial charge < -0.3 is 10.2 Å². The molecule has 1 atom stereocenters. The van der Waals surface area contributed by atoms with Gasteiger partial charge in [0.05, 0.1) is 0 Å². The average Bonchev–Trinajstić information content (AvgIpc) is 2.27. The molecule has 0 bridgehead atoms. The Bertz CT molecular complexity index is 350. The Labute approximate surface area is 104 Å². The van der Waals surface area contributed by atoms with E-state index in [0.29, 0.717) is 5.56 Å². The molecular weight excluding hydrogens is 215 g/mol. The number of halogens is 1. The molecule has 0 amide bonds. The molecule has 1 unspecified atom stereocenters. The van der Waals surface area contributed by atoms with E-state index < -0.39 is 0 Å². The Morgan fingerprint density at radius 3 is 2.59 bits per heavy atom. The molecule has 0 aromatic heterocycles. The van der Waals surface area contributed by atoms with Gasteiger partial charge in [-0.1, -0.05) is 19.1 Å². The van der Waals surface area contributed by atoms with Crippen molar-refractivity contribution in [3.63, 3.8) is 0 Å². The lowest BCUT2D eigenvalue weighted by Gasteiger charge is -2.23. The molecule has 3 heteroatoms. The van der Waals surface area contributed by atoms with Crippen molar-refractivity contribution in [1.29, 1.82) is 0 Å². The minimum atomic E-state index is -0.121. The van der Waals surface area contributed by atoms with Crippen LogP contribution in [-0.4, -0.2) is 32.1 Å². The number of hydrogen-bond acceptors (Lipinski definition) is 2. The van der Waals surface area contributed by atoms with E-state index in [9.17, 15) is 4.39 Å². The molecule has 0 radical (unpaired) electrons. The summed E-state index contributed by atoms with van der Waals surface area (Å²) in [4.78, 5) is 2.12. The van der Waals surface area contributed by atoms with E-state index >= 15 is 0 Å². The first-order valence-electron chi connectivity index (χ1n) is 6.18. The van der Waals surface area contributed by atoms with E-state index in [1.807, 2.05) is 26.2 Å². The van der Waals surface area contributed by atoms with Gasteiger partial charge >= 0.3 is 0 Å². The molecule has 0 heterocycles. The Balaban J connectivity index is 2.83. The summed E-state index contributed by atoms with van der Waals surface area (Å²) in [7, 11) is 4.07. The zero-order valence-corrected chi connectivity index (χ0v) is 11.3. The number of rotatable bonds is 6. The predicted octanol–water partition coefficient (Wildman–Crippen LogP) is 2.74. The van der Waals surface area contributed by atoms with Crippen molar-refractivity contribution in [2.45, 2.75) is 26.3 Å². The molecule has 0 saturated carbocycles. The minimum Gasteiger partial charge on any atom is -0.309 e. The Hall–Kier alpha value is -0.930. The van der Waals surface area contributed by atoms with Gasteiger partial charge in [0, 0.05) is 12.6 Å². The van der Waals surface area contributed by atoms with Gasteiger partial charge in [0.2, 0.25) is 0 Å². The van der Waals surface area contributed by atoms with Gasteiger partial charge in [-0.2, -0.15) is 0 Å². The Morgan fingerprint density at radius 2 is 2.06 bits per heavy atom. The van der Waals surface area contributed by atoms with E-state index in [-0.39, 0.29) is 11.9 Å². The van der Waals surface area contributed by atoms with Crippen molar-refractivity contribution in [2.24, 2.45) is 0 Å². The zero-order valence-electron chi connectivity index (χ0n) is 11.3. The van der Waals surface area contributed by atoms with Crippen molar-refractivity contribution in [1.82, 2.24) is 10.2 Å². The molecule has 0 aliphatic heterocycles. The Kier molecular flexibility index (Phi) is 5.59. The first kappa shape index (κ1) is 14.1. The van der Waals surface area contributed by atoms with Gasteiger partial charge in [-0.05, 0) is 51.2 Å². The largest absolute Gasteiger partial charge is 0.309 e. The molecule has 0 spiro atoms. The van der Waals surface area contributed by atoms with Crippen LogP contribution in [0.15, 0.2) is 18.2 Å². The molecule has 0 aliphatic carbocycles. The van der Waals surface area contributed by atoms with Gasteiger partial charge in [0.1, 0.15) is 5.82 Å². The normalized spacial score (nSPS) is 13.1. The molecule has 0 fully saturated rings. The van der Waals surface area contributed by atoms with E-state index in [0.717, 1.165) is 25.1 Å². The molecule has 96 valence electrons. The third-order valence-electron chi connectivity index (χ3n) is 2.79. The smallest absolute Gasteiger partial charge is 0.126 e. The van der Waals surface area contributed by atoms with Crippen molar-refractivity contribution >= 4 is 0 Å². The summed E-state index contributed by atoms with van der Waals surface area (Å²) in [6.07, 6.45) is 1.08. The number of benzene rings is 1. The summed E-state index contributed by atoms with van der Waals surface area (Å²) in [5.74, 6) is -0.121. The highest BCUT2D eigenvalue weighted by atomic mass is 19.1. The maximum atomic E-state index is 13.6. The highest BCUT2D eigenvalue weighted by Crippen LogP contribution is 2.17. The molecular formula is C14H23FN2. The van der Waals surface area contributed by atoms with Gasteiger partial charge in [0.15, 0.2) is 0 Å². The van der Waals surface area contributed by atoms with Crippen LogP contribution in [0, 0.1) is 12.7 Å². The maximum absolute atomic E-state index is 13.6. The second-order valence-corrected chi connectivity index (χ2v) is 4.78. The summed E-state index contributed by atoms with van der Waals surface area (Å²) in [6.45, 7) is 5.76. The number of nitrogens with zero attached hydrogens (tertiary/aromatic N) is 1. The van der Waals surface area contributed by atoms with Crippen LogP contribution in [0.3, 0.4) is 0 Å². The monoisotopic (exact) mass is 238 g/mol. The van der Waals surface area contributed by atoms with Crippen LogP contribution in [0.25, 0.3) is 0 Å². The first-order valence-corrected chi connectivity index (χ1v) is 6.18. The van der Waals surface area contributed by atoms with Crippen LogP contribution >= 0.6 is 0 Å². The molecule has 2 nitrogen and oxygen atoms in total. The van der Waals surface area contributed by atoms with Gasteiger partial charge in [-0.25, -0.2) is 4.39 Å². The SMILES string of the molecule is CCCNC(CN(C)C)c1ccc(C)c(F)c1. The fourth-order valence-electron chi connectivity index (χ4n) is 1.80. The molecule has 1 N–H and O–H groups in total. The van der Waals surface area contributed by atoms with Gasteiger partial charge in [-0.3, -0.25) is 0 Å². The summed E-state index contributed by atoms with van der Waals surface area (Å²) in [6, 6.07) is 5.70. The lowest BCUT2D eigenvalue weighted by Crippen LogP contribution is -2.31. The van der Waals surface area contributed by atoms with Gasteiger partial charge in [-0.15, -0.1) is 0 Å². The van der Waals surface area contributed by atoms with Crippen molar-refractivity contribution in [2.75, 3.05) is 27.2 Å². The summed E-state index contributed by atoms with van der Waals surface area (Å²) in [5, 5.41) is 3.46. The molecule has 0 saturated heterocycles. The van der Waals surface area contributed by atoms with Crippen LogP contribution in [0.5, 0.6) is 0 Å². The van der Waals surface area contributed by atoms with Crippen molar-refractivity contribution in [3.8, 4) is 0 Å². The second-order valence-electron chi connectivity index (χ2n) is 4.78. The summed E-state index contributed by atoms with van der Waals surface area (Å²) >= 11 is 0. The number of hydrogen-bond donors (Lipinski definition) is 1. The lowest BCUT2D eigenvalue weighted by atomic mass is 10.0. The Morgan fingerprint density at radius 1 is 1.35 bits per heavy atom. The maximum Gasteiger partial charge on any atom is 0.126 e. The fraction of sp³-hybridized carbons (Fsp3) is 0.571. The zero-order chi connectivity index (χ0) is 12.8. The van der Waals surface area contributed by atoms with Crippen molar-refractivity contribution in [3.05, 3.63) is 35.1 Å². The topological polar surface area (TPSA) is 15.3 Å². The molecule has 17 heavy (non-hydrogen) atoms. The molecule has 0 aliphatic rings. The second kappa shape index (κ2) is 6.72. The summed E-state index contributed by atoms with van der Waals surface area (Å²) in [5.41, 5.74) is 1.73. The standard InChI is InChI=1S/C14H23FN2/c1-5-8-16-14(10-17(3)4)12-7-6-11(2)13(15)9-12/h6-7,9,14,16H,5,8,10H2,1-4H3. The minimum absolute atomic E-state index is 0.121. The average molecular weight is 238 g/mol. The van der Waals surface area contributed by atoms with Crippen LogP contribution in [0.1, 0.15) is 30.5 Å².